The van der Waals surface area contributed by atoms with Crippen molar-refractivity contribution in [3.05, 3.63) is 11.9 Å². The largest absolute Gasteiger partial charge is 0.395 e. The monoisotopic (exact) mass is 226 g/mol. The zero-order valence-corrected chi connectivity index (χ0v) is 9.70. The molecule has 1 N–H and O–H groups in total. The van der Waals surface area contributed by atoms with Gasteiger partial charge >= 0.3 is 0 Å². The van der Waals surface area contributed by atoms with Crippen molar-refractivity contribution >= 4 is 0 Å². The molecule has 2 rings (SSSR count). The van der Waals surface area contributed by atoms with E-state index >= 15 is 0 Å². The van der Waals surface area contributed by atoms with Crippen LogP contribution in [-0.4, -0.2) is 44.9 Å². The Balaban J connectivity index is 2.02. The van der Waals surface area contributed by atoms with Gasteiger partial charge in [0.05, 0.1) is 24.5 Å². The van der Waals surface area contributed by atoms with Crippen LogP contribution >= 0.6 is 0 Å². The predicted molar refractivity (Wildman–Crippen MR) is 57.4 cm³/mol. The molecular formula is C10H18N4O2. The topological polar surface area (TPSA) is 63.4 Å². The standard InChI is InChI=1S/C10H18N4O2/c1-3-4-8-6-14(12-11-8)10-5-9(7-15)13(2)16-10/h6,9-10,15H,3-5,7H2,1-2H3/t9-,10-/m1/s1. The van der Waals surface area contributed by atoms with Crippen LogP contribution in [-0.2, 0) is 11.3 Å². The van der Waals surface area contributed by atoms with E-state index in [0.717, 1.165) is 25.0 Å². The summed E-state index contributed by atoms with van der Waals surface area (Å²) in [6.07, 6.45) is 4.51. The maximum atomic E-state index is 9.12. The normalized spacial score (nSPS) is 26.4. The minimum Gasteiger partial charge on any atom is -0.395 e. The number of aromatic nitrogens is 3. The molecule has 0 amide bonds. The van der Waals surface area contributed by atoms with Crippen LogP contribution in [0.4, 0.5) is 0 Å². The number of rotatable bonds is 4. The zero-order chi connectivity index (χ0) is 11.5. The van der Waals surface area contributed by atoms with Crippen molar-refractivity contribution in [2.24, 2.45) is 0 Å². The molecule has 90 valence electrons. The van der Waals surface area contributed by atoms with Gasteiger partial charge in [0.15, 0.2) is 6.23 Å². The second-order valence-corrected chi connectivity index (χ2v) is 4.12. The molecule has 6 nitrogen and oxygen atoms in total. The van der Waals surface area contributed by atoms with Gasteiger partial charge in [0.2, 0.25) is 0 Å². The Morgan fingerprint density at radius 1 is 1.62 bits per heavy atom. The first kappa shape index (κ1) is 11.5. The van der Waals surface area contributed by atoms with Gasteiger partial charge in [-0.05, 0) is 6.42 Å². The first-order chi connectivity index (χ1) is 7.74. The lowest BCUT2D eigenvalue weighted by Crippen LogP contribution is -2.26. The number of likely N-dealkylation sites (N-methyl/N-ethyl adjacent to an activating group) is 1. The highest BCUT2D eigenvalue weighted by Crippen LogP contribution is 2.26. The molecule has 1 aromatic rings. The van der Waals surface area contributed by atoms with E-state index in [9.17, 15) is 0 Å². The smallest absolute Gasteiger partial charge is 0.174 e. The van der Waals surface area contributed by atoms with Crippen LogP contribution in [0.5, 0.6) is 0 Å². The molecule has 1 aliphatic heterocycles. The second-order valence-electron chi connectivity index (χ2n) is 4.12. The van der Waals surface area contributed by atoms with Gasteiger partial charge in [-0.15, -0.1) is 5.10 Å². The van der Waals surface area contributed by atoms with Crippen LogP contribution in [0.1, 0.15) is 31.7 Å². The predicted octanol–water partition coefficient (Wildman–Crippen LogP) is 0.357. The Morgan fingerprint density at radius 2 is 2.44 bits per heavy atom. The molecule has 1 aliphatic rings. The van der Waals surface area contributed by atoms with Crippen molar-refractivity contribution in [2.45, 2.75) is 38.5 Å². The molecule has 6 heteroatoms. The van der Waals surface area contributed by atoms with Gasteiger partial charge in [-0.3, -0.25) is 4.84 Å². The molecule has 0 bridgehead atoms. The van der Waals surface area contributed by atoms with E-state index in [-0.39, 0.29) is 18.9 Å². The van der Waals surface area contributed by atoms with E-state index in [4.69, 9.17) is 9.94 Å². The summed E-state index contributed by atoms with van der Waals surface area (Å²) in [5.74, 6) is 0. The maximum absolute atomic E-state index is 9.12. The highest BCUT2D eigenvalue weighted by atomic mass is 16.7. The Bertz CT molecular complexity index is 341. The number of aryl methyl sites for hydroxylation is 1. The van der Waals surface area contributed by atoms with Gasteiger partial charge in [0.25, 0.3) is 0 Å². The van der Waals surface area contributed by atoms with Gasteiger partial charge in [0, 0.05) is 13.5 Å². The van der Waals surface area contributed by atoms with Gasteiger partial charge in [-0.2, -0.15) is 5.06 Å². The fraction of sp³-hybridized carbons (Fsp3) is 0.800. The summed E-state index contributed by atoms with van der Waals surface area (Å²) in [5.41, 5.74) is 0.987. The molecule has 0 aromatic carbocycles. The average Bonchev–Trinajstić information content (AvgIpc) is 2.85. The summed E-state index contributed by atoms with van der Waals surface area (Å²) >= 11 is 0. The van der Waals surface area contributed by atoms with Crippen LogP contribution in [0, 0.1) is 0 Å². The van der Waals surface area contributed by atoms with Crippen molar-refractivity contribution in [3.8, 4) is 0 Å². The van der Waals surface area contributed by atoms with Gasteiger partial charge in [-0.25, -0.2) is 4.68 Å². The Hall–Kier alpha value is -0.980. The molecule has 0 aliphatic carbocycles. The first-order valence-corrected chi connectivity index (χ1v) is 5.65. The Kier molecular flexibility index (Phi) is 3.52. The van der Waals surface area contributed by atoms with Crippen molar-refractivity contribution < 1.29 is 9.94 Å². The number of nitrogens with zero attached hydrogens (tertiary/aromatic N) is 4. The number of hydrogen-bond acceptors (Lipinski definition) is 5. The van der Waals surface area contributed by atoms with Gasteiger partial charge in [-0.1, -0.05) is 18.6 Å². The lowest BCUT2D eigenvalue weighted by Gasteiger charge is -2.13. The molecule has 0 saturated carbocycles. The number of aliphatic hydroxyl groups excluding tert-OH is 1. The van der Waals surface area contributed by atoms with Crippen LogP contribution in [0.3, 0.4) is 0 Å². The zero-order valence-electron chi connectivity index (χ0n) is 9.70. The minimum atomic E-state index is -0.139. The molecular weight excluding hydrogens is 208 g/mol. The summed E-state index contributed by atoms with van der Waals surface area (Å²) in [6, 6.07) is 0.0452. The third-order valence-corrected chi connectivity index (χ3v) is 2.85. The van der Waals surface area contributed by atoms with E-state index in [0.29, 0.717) is 0 Å². The first-order valence-electron chi connectivity index (χ1n) is 5.65. The number of aliphatic hydroxyl groups is 1. The summed E-state index contributed by atoms with van der Waals surface area (Å²) in [7, 11) is 1.82. The highest BCUT2D eigenvalue weighted by molar-refractivity contribution is 4.93. The van der Waals surface area contributed by atoms with Crippen molar-refractivity contribution in [1.82, 2.24) is 20.1 Å². The van der Waals surface area contributed by atoms with Crippen LogP contribution in [0.15, 0.2) is 6.20 Å². The van der Waals surface area contributed by atoms with Crippen LogP contribution in [0.2, 0.25) is 0 Å². The third-order valence-electron chi connectivity index (χ3n) is 2.85. The molecule has 0 radical (unpaired) electrons. The van der Waals surface area contributed by atoms with E-state index in [1.807, 2.05) is 13.2 Å². The fourth-order valence-corrected chi connectivity index (χ4v) is 1.87. The number of hydrogen-bond donors (Lipinski definition) is 1. The molecule has 1 fully saturated rings. The van der Waals surface area contributed by atoms with Crippen LogP contribution < -0.4 is 0 Å². The van der Waals surface area contributed by atoms with Crippen LogP contribution in [0.25, 0.3) is 0 Å². The highest BCUT2D eigenvalue weighted by Gasteiger charge is 2.32. The fourth-order valence-electron chi connectivity index (χ4n) is 1.87. The molecule has 0 spiro atoms. The number of hydroxylamine groups is 2. The quantitative estimate of drug-likeness (QED) is 0.803. The van der Waals surface area contributed by atoms with E-state index in [2.05, 4.69) is 17.2 Å². The third kappa shape index (κ3) is 2.23. The lowest BCUT2D eigenvalue weighted by atomic mass is 10.2. The molecule has 0 unspecified atom stereocenters. The van der Waals surface area contributed by atoms with Gasteiger partial charge in [0.1, 0.15) is 0 Å². The second kappa shape index (κ2) is 4.90. The molecule has 1 saturated heterocycles. The summed E-state index contributed by atoms with van der Waals surface area (Å²) in [4.78, 5) is 5.58. The lowest BCUT2D eigenvalue weighted by molar-refractivity contribution is -0.172. The Morgan fingerprint density at radius 3 is 3.06 bits per heavy atom. The molecule has 2 atom stereocenters. The Labute approximate surface area is 94.8 Å². The van der Waals surface area contributed by atoms with Crippen molar-refractivity contribution in [2.75, 3.05) is 13.7 Å². The SMILES string of the molecule is CCCc1cn([C@H]2C[C@H](CO)N(C)O2)nn1. The average molecular weight is 226 g/mol. The molecule has 1 aromatic heterocycles. The summed E-state index contributed by atoms with van der Waals surface area (Å²) in [5, 5.41) is 18.9. The van der Waals surface area contributed by atoms with Crippen molar-refractivity contribution in [1.29, 1.82) is 0 Å². The molecule has 2 heterocycles. The van der Waals surface area contributed by atoms with E-state index in [1.54, 1.807) is 9.75 Å². The van der Waals surface area contributed by atoms with Crippen molar-refractivity contribution in [3.63, 3.8) is 0 Å². The minimum absolute atomic E-state index is 0.0452. The summed E-state index contributed by atoms with van der Waals surface area (Å²) < 4.78 is 1.73. The maximum Gasteiger partial charge on any atom is 0.174 e. The van der Waals surface area contributed by atoms with Gasteiger partial charge < -0.3 is 5.11 Å². The van der Waals surface area contributed by atoms with E-state index < -0.39 is 0 Å². The summed E-state index contributed by atoms with van der Waals surface area (Å²) in [6.45, 7) is 2.21. The van der Waals surface area contributed by atoms with E-state index in [1.165, 1.54) is 0 Å². The molecule has 16 heavy (non-hydrogen) atoms.